The van der Waals surface area contributed by atoms with Crippen molar-refractivity contribution in [2.75, 3.05) is 13.1 Å². The quantitative estimate of drug-likeness (QED) is 0.464. The molecule has 1 fully saturated rings. The van der Waals surface area contributed by atoms with Crippen molar-refractivity contribution in [3.05, 3.63) is 97.9 Å². The standard InChI is InChI=1S/C27H24ClF2N3O5/c28-21-18(29)9-8-16(22(21)30)11-31-26(36)17-12-33-19-13-32(10-4-7-20(19)34)27(37)23(33)25(24(17)35)38-14-15-5-2-1-3-6-15/h1-3,5-6,8-9,12,19-20,34H,4,7,10-11,13-14H2,(H,31,36). The van der Waals surface area contributed by atoms with Gasteiger partial charge in [0, 0.05) is 31.4 Å². The molecule has 0 radical (unpaired) electrons. The number of rotatable bonds is 6. The number of aliphatic hydroxyl groups is 1. The highest BCUT2D eigenvalue weighted by molar-refractivity contribution is 6.30. The van der Waals surface area contributed by atoms with Crippen LogP contribution in [0.25, 0.3) is 0 Å². The van der Waals surface area contributed by atoms with Gasteiger partial charge in [0.15, 0.2) is 11.4 Å². The first-order valence-electron chi connectivity index (χ1n) is 12.1. The van der Waals surface area contributed by atoms with Crippen LogP contribution in [0.1, 0.15) is 50.9 Å². The number of carbonyl (C=O) groups is 2. The number of hydrogen-bond donors (Lipinski definition) is 2. The fraction of sp³-hybridized carbons (Fsp3) is 0.296. The zero-order valence-electron chi connectivity index (χ0n) is 20.1. The summed E-state index contributed by atoms with van der Waals surface area (Å²) in [7, 11) is 0. The van der Waals surface area contributed by atoms with Crippen LogP contribution in [-0.2, 0) is 13.2 Å². The topological polar surface area (TPSA) is 101 Å². The third kappa shape index (κ3) is 4.77. The van der Waals surface area contributed by atoms with E-state index in [9.17, 15) is 28.3 Å². The zero-order chi connectivity index (χ0) is 27.0. The summed E-state index contributed by atoms with van der Waals surface area (Å²) in [6.07, 6.45) is 1.45. The Labute approximate surface area is 221 Å². The van der Waals surface area contributed by atoms with Gasteiger partial charge in [-0.15, -0.1) is 0 Å². The molecule has 0 spiro atoms. The predicted molar refractivity (Wildman–Crippen MR) is 134 cm³/mol. The van der Waals surface area contributed by atoms with E-state index in [1.54, 1.807) is 29.2 Å². The second kappa shape index (κ2) is 10.5. The first-order valence-corrected chi connectivity index (χ1v) is 12.5. The molecule has 11 heteroatoms. The van der Waals surface area contributed by atoms with Gasteiger partial charge in [0.1, 0.15) is 28.8 Å². The number of aliphatic hydroxyl groups excluding tert-OH is 1. The summed E-state index contributed by atoms with van der Waals surface area (Å²) in [5.74, 6) is -3.54. The van der Waals surface area contributed by atoms with Crippen molar-refractivity contribution in [2.24, 2.45) is 0 Å². The number of nitrogens with zero attached hydrogens (tertiary/aromatic N) is 2. The monoisotopic (exact) mass is 543 g/mol. The molecule has 5 rings (SSSR count). The van der Waals surface area contributed by atoms with Gasteiger partial charge in [0.05, 0.1) is 12.1 Å². The van der Waals surface area contributed by atoms with Gasteiger partial charge in [-0.1, -0.05) is 48.0 Å². The van der Waals surface area contributed by atoms with Gasteiger partial charge in [-0.2, -0.15) is 0 Å². The van der Waals surface area contributed by atoms with Gasteiger partial charge in [-0.3, -0.25) is 14.4 Å². The van der Waals surface area contributed by atoms with Crippen LogP contribution >= 0.6 is 11.6 Å². The van der Waals surface area contributed by atoms with Crippen LogP contribution in [0.15, 0.2) is 53.5 Å². The van der Waals surface area contributed by atoms with E-state index >= 15 is 0 Å². The SMILES string of the molecule is O=C(NCc1ccc(F)c(Cl)c1F)c1cn2c(c(OCc3ccccc3)c1=O)C(=O)N1CCCC(O)C2C1. The van der Waals surface area contributed by atoms with E-state index in [-0.39, 0.29) is 42.3 Å². The Kier molecular flexibility index (Phi) is 7.18. The second-order valence-electron chi connectivity index (χ2n) is 9.28. The molecule has 38 heavy (non-hydrogen) atoms. The molecule has 1 saturated heterocycles. The largest absolute Gasteiger partial charge is 0.483 e. The minimum atomic E-state index is -1.02. The highest BCUT2D eigenvalue weighted by Crippen LogP contribution is 2.33. The molecule has 2 aliphatic rings. The minimum Gasteiger partial charge on any atom is -0.483 e. The summed E-state index contributed by atoms with van der Waals surface area (Å²) < 4.78 is 35.2. The Bertz CT molecular complexity index is 1460. The summed E-state index contributed by atoms with van der Waals surface area (Å²) in [5.41, 5.74) is -0.525. The van der Waals surface area contributed by atoms with Gasteiger partial charge < -0.3 is 24.6 Å². The first kappa shape index (κ1) is 25.9. The highest BCUT2D eigenvalue weighted by Gasteiger charge is 2.40. The number of ether oxygens (including phenoxy) is 1. The predicted octanol–water partition coefficient (Wildman–Crippen LogP) is 3.44. The van der Waals surface area contributed by atoms with E-state index in [0.29, 0.717) is 19.4 Å². The molecule has 2 aliphatic heterocycles. The van der Waals surface area contributed by atoms with Gasteiger partial charge >= 0.3 is 0 Å². The van der Waals surface area contributed by atoms with Crippen LogP contribution in [0.4, 0.5) is 8.78 Å². The molecule has 0 aliphatic carbocycles. The third-order valence-electron chi connectivity index (χ3n) is 6.84. The Balaban J connectivity index is 1.54. The molecule has 198 valence electrons. The molecule has 2 bridgehead atoms. The lowest BCUT2D eigenvalue weighted by atomic mass is 10.0. The fourth-order valence-corrected chi connectivity index (χ4v) is 4.99. The van der Waals surface area contributed by atoms with Gasteiger partial charge in [0.25, 0.3) is 11.8 Å². The summed E-state index contributed by atoms with van der Waals surface area (Å²) in [5, 5.41) is 12.6. The Morgan fingerprint density at radius 1 is 1.16 bits per heavy atom. The van der Waals surface area contributed by atoms with Crippen molar-refractivity contribution in [3.8, 4) is 5.75 Å². The normalized spacial score (nSPS) is 18.5. The molecule has 8 nitrogen and oxygen atoms in total. The van der Waals surface area contributed by atoms with Crippen LogP contribution in [0.3, 0.4) is 0 Å². The van der Waals surface area contributed by atoms with Crippen LogP contribution in [0, 0.1) is 11.6 Å². The fourth-order valence-electron chi connectivity index (χ4n) is 4.81. The molecular weight excluding hydrogens is 520 g/mol. The number of pyridine rings is 1. The van der Waals surface area contributed by atoms with E-state index in [2.05, 4.69) is 5.32 Å². The van der Waals surface area contributed by atoms with E-state index in [1.807, 2.05) is 6.07 Å². The van der Waals surface area contributed by atoms with Crippen LogP contribution in [-0.4, -0.2) is 45.6 Å². The lowest BCUT2D eigenvalue weighted by Crippen LogP contribution is -2.47. The minimum absolute atomic E-state index is 0.0314. The maximum Gasteiger partial charge on any atom is 0.274 e. The average molecular weight is 544 g/mol. The number of aromatic nitrogens is 1. The Hall–Kier alpha value is -3.76. The van der Waals surface area contributed by atoms with E-state index in [0.717, 1.165) is 17.7 Å². The molecular formula is C27H24ClF2N3O5. The molecule has 2 unspecified atom stereocenters. The molecule has 0 saturated carbocycles. The van der Waals surface area contributed by atoms with Gasteiger partial charge in [-0.25, -0.2) is 8.78 Å². The molecule has 2 aromatic carbocycles. The lowest BCUT2D eigenvalue weighted by molar-refractivity contribution is 0.0554. The number of halogens is 3. The van der Waals surface area contributed by atoms with E-state index in [1.165, 1.54) is 10.8 Å². The summed E-state index contributed by atoms with van der Waals surface area (Å²) in [6, 6.07) is 10.5. The third-order valence-corrected chi connectivity index (χ3v) is 7.19. The van der Waals surface area contributed by atoms with Crippen molar-refractivity contribution >= 4 is 23.4 Å². The van der Waals surface area contributed by atoms with Crippen molar-refractivity contribution in [3.63, 3.8) is 0 Å². The van der Waals surface area contributed by atoms with Crippen LogP contribution in [0.5, 0.6) is 5.75 Å². The highest BCUT2D eigenvalue weighted by atomic mass is 35.5. The zero-order valence-corrected chi connectivity index (χ0v) is 20.9. The van der Waals surface area contributed by atoms with Gasteiger partial charge in [-0.05, 0) is 24.5 Å². The number of amides is 2. The molecule has 2 atom stereocenters. The smallest absolute Gasteiger partial charge is 0.274 e. The summed E-state index contributed by atoms with van der Waals surface area (Å²) in [6.45, 7) is 0.236. The second-order valence-corrected chi connectivity index (χ2v) is 9.65. The van der Waals surface area contributed by atoms with Crippen molar-refractivity contribution in [1.82, 2.24) is 14.8 Å². The number of fused-ring (bicyclic) bond motifs is 4. The number of carbonyl (C=O) groups excluding carboxylic acids is 2. The number of benzene rings is 2. The number of hydrogen-bond acceptors (Lipinski definition) is 5. The maximum atomic E-state index is 14.3. The first-order chi connectivity index (χ1) is 18.3. The Morgan fingerprint density at radius 2 is 1.92 bits per heavy atom. The van der Waals surface area contributed by atoms with E-state index in [4.69, 9.17) is 16.3 Å². The average Bonchev–Trinajstić information content (AvgIpc) is 3.09. The molecule has 3 aromatic rings. The van der Waals surface area contributed by atoms with E-state index < -0.39 is 46.0 Å². The Morgan fingerprint density at radius 3 is 2.68 bits per heavy atom. The molecule has 3 heterocycles. The van der Waals surface area contributed by atoms with Crippen LogP contribution in [0.2, 0.25) is 5.02 Å². The lowest BCUT2D eigenvalue weighted by Gasteiger charge is -2.36. The molecule has 1 aromatic heterocycles. The molecule has 2 N–H and O–H groups in total. The van der Waals surface area contributed by atoms with Crippen molar-refractivity contribution in [2.45, 2.75) is 38.1 Å². The van der Waals surface area contributed by atoms with Crippen LogP contribution < -0.4 is 15.5 Å². The summed E-state index contributed by atoms with van der Waals surface area (Å²) in [4.78, 5) is 41.6. The molecule has 2 amide bonds. The number of nitrogens with one attached hydrogen (secondary N) is 1. The van der Waals surface area contributed by atoms with Gasteiger partial charge in [0.2, 0.25) is 5.43 Å². The van der Waals surface area contributed by atoms with Crippen molar-refractivity contribution in [1.29, 1.82) is 0 Å². The summed E-state index contributed by atoms with van der Waals surface area (Å²) >= 11 is 5.62. The van der Waals surface area contributed by atoms with Crippen molar-refractivity contribution < 1.29 is 28.2 Å². The maximum absolute atomic E-state index is 14.3.